The van der Waals surface area contributed by atoms with E-state index in [-0.39, 0.29) is 10.7 Å². The van der Waals surface area contributed by atoms with Crippen molar-refractivity contribution in [1.29, 1.82) is 0 Å². The molecule has 0 bridgehead atoms. The Morgan fingerprint density at radius 3 is 2.40 bits per heavy atom. The van der Waals surface area contributed by atoms with Crippen molar-refractivity contribution in [3.8, 4) is 0 Å². The average molecular weight is 359 g/mol. The van der Waals surface area contributed by atoms with Gasteiger partial charge in [0.1, 0.15) is 5.82 Å². The lowest BCUT2D eigenvalue weighted by atomic mass is 10.2. The highest BCUT2D eigenvalue weighted by atomic mass is 79.9. The van der Waals surface area contributed by atoms with Gasteiger partial charge in [-0.1, -0.05) is 15.9 Å². The lowest BCUT2D eigenvalue weighted by Gasteiger charge is -2.09. The minimum atomic E-state index is -3.68. The van der Waals surface area contributed by atoms with E-state index in [1.807, 2.05) is 0 Å². The van der Waals surface area contributed by atoms with Crippen LogP contribution in [0.5, 0.6) is 0 Å². The van der Waals surface area contributed by atoms with Crippen LogP contribution in [0.3, 0.4) is 0 Å². The van der Waals surface area contributed by atoms with Crippen LogP contribution in [0.15, 0.2) is 51.8 Å². The number of primary sulfonamides is 1. The summed E-state index contributed by atoms with van der Waals surface area (Å²) in [6.07, 6.45) is 0. The van der Waals surface area contributed by atoms with Gasteiger partial charge in [0, 0.05) is 16.7 Å². The van der Waals surface area contributed by atoms with E-state index in [9.17, 15) is 12.8 Å². The molecule has 0 amide bonds. The summed E-state index contributed by atoms with van der Waals surface area (Å²) >= 11 is 3.34. The number of hydrogen-bond donors (Lipinski definition) is 2. The largest absolute Gasteiger partial charge is 0.381 e. The smallest absolute Gasteiger partial charge is 0.238 e. The van der Waals surface area contributed by atoms with Crippen molar-refractivity contribution >= 4 is 31.6 Å². The number of sulfonamides is 1. The predicted octanol–water partition coefficient (Wildman–Crippen LogP) is 2.85. The molecule has 0 aliphatic rings. The zero-order valence-corrected chi connectivity index (χ0v) is 12.7. The standard InChI is InChI=1S/C13H12BrFN2O2S/c14-13-6-1-10(15)7-9(13)8-17-11-2-4-12(5-3-11)20(16,18)19/h1-7,17H,8H2,(H2,16,18,19). The normalized spacial score (nSPS) is 11.3. The summed E-state index contributed by atoms with van der Waals surface area (Å²) in [7, 11) is -3.68. The molecule has 0 saturated carbocycles. The summed E-state index contributed by atoms with van der Waals surface area (Å²) in [5.41, 5.74) is 1.48. The second kappa shape index (κ2) is 5.90. The molecule has 106 valence electrons. The van der Waals surface area contributed by atoms with Gasteiger partial charge in [0.15, 0.2) is 0 Å². The topological polar surface area (TPSA) is 72.2 Å². The van der Waals surface area contributed by atoms with Crippen LogP contribution in [-0.4, -0.2) is 8.42 Å². The van der Waals surface area contributed by atoms with Crippen LogP contribution < -0.4 is 10.5 Å². The second-order valence-corrected chi connectivity index (χ2v) is 6.57. The van der Waals surface area contributed by atoms with Gasteiger partial charge in [-0.25, -0.2) is 17.9 Å². The molecule has 0 heterocycles. The third kappa shape index (κ3) is 3.78. The van der Waals surface area contributed by atoms with E-state index in [1.165, 1.54) is 24.3 Å². The van der Waals surface area contributed by atoms with E-state index in [4.69, 9.17) is 5.14 Å². The number of nitrogens with one attached hydrogen (secondary N) is 1. The van der Waals surface area contributed by atoms with Crippen molar-refractivity contribution in [2.24, 2.45) is 5.14 Å². The molecule has 0 aliphatic heterocycles. The molecule has 2 aromatic carbocycles. The Morgan fingerprint density at radius 1 is 1.15 bits per heavy atom. The first kappa shape index (κ1) is 15.0. The predicted molar refractivity (Wildman–Crippen MR) is 79.2 cm³/mol. The summed E-state index contributed by atoms with van der Waals surface area (Å²) < 4.78 is 36.2. The highest BCUT2D eigenvalue weighted by molar-refractivity contribution is 9.10. The SMILES string of the molecule is NS(=O)(=O)c1ccc(NCc2cc(F)ccc2Br)cc1. The molecule has 0 radical (unpaired) electrons. The Labute approximate surface area is 125 Å². The quantitative estimate of drug-likeness (QED) is 0.882. The van der Waals surface area contributed by atoms with Crippen LogP contribution >= 0.6 is 15.9 Å². The third-order valence-corrected chi connectivity index (χ3v) is 4.38. The third-order valence-electron chi connectivity index (χ3n) is 2.67. The molecule has 2 rings (SSSR count). The molecule has 3 N–H and O–H groups in total. The molecule has 0 fully saturated rings. The number of benzene rings is 2. The molecule has 0 atom stereocenters. The number of hydrogen-bond acceptors (Lipinski definition) is 3. The van der Waals surface area contributed by atoms with Crippen molar-refractivity contribution < 1.29 is 12.8 Å². The molecule has 4 nitrogen and oxygen atoms in total. The average Bonchev–Trinajstić information content (AvgIpc) is 2.39. The number of halogens is 2. The van der Waals surface area contributed by atoms with Gasteiger partial charge >= 0.3 is 0 Å². The molecule has 2 aromatic rings. The first-order valence-electron chi connectivity index (χ1n) is 5.67. The molecule has 0 aromatic heterocycles. The van der Waals surface area contributed by atoms with E-state index >= 15 is 0 Å². The second-order valence-electron chi connectivity index (χ2n) is 4.16. The highest BCUT2D eigenvalue weighted by Gasteiger charge is 2.07. The van der Waals surface area contributed by atoms with Gasteiger partial charge in [-0.3, -0.25) is 0 Å². The highest BCUT2D eigenvalue weighted by Crippen LogP contribution is 2.20. The van der Waals surface area contributed by atoms with Gasteiger partial charge < -0.3 is 5.32 Å². The summed E-state index contributed by atoms with van der Waals surface area (Å²) in [6, 6.07) is 10.5. The lowest BCUT2D eigenvalue weighted by Crippen LogP contribution is -2.12. The molecule has 0 saturated heterocycles. The van der Waals surface area contributed by atoms with Gasteiger partial charge in [-0.2, -0.15) is 0 Å². The van der Waals surface area contributed by atoms with E-state index in [1.54, 1.807) is 18.2 Å². The Hall–Kier alpha value is -1.44. The fourth-order valence-electron chi connectivity index (χ4n) is 1.64. The molecular weight excluding hydrogens is 347 g/mol. The molecule has 20 heavy (non-hydrogen) atoms. The number of rotatable bonds is 4. The lowest BCUT2D eigenvalue weighted by molar-refractivity contribution is 0.598. The maximum absolute atomic E-state index is 13.1. The van der Waals surface area contributed by atoms with Crippen LogP contribution in [0.2, 0.25) is 0 Å². The molecule has 0 aliphatic carbocycles. The summed E-state index contributed by atoms with van der Waals surface area (Å²) in [5.74, 6) is -0.311. The van der Waals surface area contributed by atoms with Gasteiger partial charge in [-0.05, 0) is 48.0 Å². The molecule has 7 heteroatoms. The van der Waals surface area contributed by atoms with Gasteiger partial charge in [0.2, 0.25) is 10.0 Å². The van der Waals surface area contributed by atoms with E-state index in [0.717, 1.165) is 10.0 Å². The van der Waals surface area contributed by atoms with Crippen LogP contribution in [-0.2, 0) is 16.6 Å². The van der Waals surface area contributed by atoms with Gasteiger partial charge in [0.05, 0.1) is 4.90 Å². The summed E-state index contributed by atoms with van der Waals surface area (Å²) in [4.78, 5) is 0.0509. The van der Waals surface area contributed by atoms with Gasteiger partial charge in [-0.15, -0.1) is 0 Å². The Bertz CT molecular complexity index is 718. The summed E-state index contributed by atoms with van der Waals surface area (Å²) in [5, 5.41) is 8.09. The maximum atomic E-state index is 13.1. The zero-order valence-electron chi connectivity index (χ0n) is 10.3. The first-order valence-corrected chi connectivity index (χ1v) is 8.01. The van der Waals surface area contributed by atoms with Crippen LogP contribution in [0.4, 0.5) is 10.1 Å². The minimum Gasteiger partial charge on any atom is -0.381 e. The Kier molecular flexibility index (Phi) is 4.42. The first-order chi connectivity index (χ1) is 9.36. The van der Waals surface area contributed by atoms with Crippen LogP contribution in [0.1, 0.15) is 5.56 Å². The molecule has 0 spiro atoms. The number of anilines is 1. The number of nitrogens with two attached hydrogens (primary N) is 1. The van der Waals surface area contributed by atoms with Crippen LogP contribution in [0, 0.1) is 5.82 Å². The Morgan fingerprint density at radius 2 is 1.80 bits per heavy atom. The zero-order chi connectivity index (χ0) is 14.8. The van der Waals surface area contributed by atoms with E-state index < -0.39 is 10.0 Å². The van der Waals surface area contributed by atoms with Crippen molar-refractivity contribution in [2.75, 3.05) is 5.32 Å². The van der Waals surface area contributed by atoms with Crippen molar-refractivity contribution in [2.45, 2.75) is 11.4 Å². The fraction of sp³-hybridized carbons (Fsp3) is 0.0769. The van der Waals surface area contributed by atoms with Gasteiger partial charge in [0.25, 0.3) is 0 Å². The summed E-state index contributed by atoms with van der Waals surface area (Å²) in [6.45, 7) is 0.410. The molecular formula is C13H12BrFN2O2S. The van der Waals surface area contributed by atoms with Crippen LogP contribution in [0.25, 0.3) is 0 Å². The maximum Gasteiger partial charge on any atom is 0.238 e. The Balaban J connectivity index is 2.10. The monoisotopic (exact) mass is 358 g/mol. The van der Waals surface area contributed by atoms with Crippen molar-refractivity contribution in [1.82, 2.24) is 0 Å². The van der Waals surface area contributed by atoms with E-state index in [0.29, 0.717) is 12.2 Å². The fourth-order valence-corrected chi connectivity index (χ4v) is 2.54. The minimum absolute atomic E-state index is 0.0509. The van der Waals surface area contributed by atoms with Crippen molar-refractivity contribution in [3.05, 3.63) is 58.3 Å². The molecule has 0 unspecified atom stereocenters. The van der Waals surface area contributed by atoms with E-state index in [2.05, 4.69) is 21.2 Å². The van der Waals surface area contributed by atoms with Crippen molar-refractivity contribution in [3.63, 3.8) is 0 Å².